The second-order valence-electron chi connectivity index (χ2n) is 6.49. The maximum absolute atomic E-state index is 12.8. The van der Waals surface area contributed by atoms with Crippen molar-refractivity contribution in [2.45, 2.75) is 11.3 Å². The summed E-state index contributed by atoms with van der Waals surface area (Å²) in [5, 5.41) is 0.797. The van der Waals surface area contributed by atoms with E-state index in [1.165, 1.54) is 12.1 Å². The molecule has 0 radical (unpaired) electrons. The molecule has 0 aliphatic carbocycles. The third-order valence-corrected chi connectivity index (χ3v) is 6.23. The number of hydrogen-bond donors (Lipinski definition) is 1. The highest BCUT2D eigenvalue weighted by Gasteiger charge is 2.23. The van der Waals surface area contributed by atoms with Gasteiger partial charge in [0.15, 0.2) is 0 Å². The lowest BCUT2D eigenvalue weighted by Gasteiger charge is -2.08. The predicted octanol–water partition coefficient (Wildman–Crippen LogP) is 6.04. The molecular formula is C22H16Cl2N2O3S. The molecule has 0 bridgehead atoms. The Labute approximate surface area is 184 Å². The highest BCUT2D eigenvalue weighted by molar-refractivity contribution is 7.92. The smallest absolute Gasteiger partial charge is 0.264 e. The van der Waals surface area contributed by atoms with Crippen molar-refractivity contribution in [1.82, 2.24) is 4.98 Å². The average Bonchev–Trinajstić information content (AvgIpc) is 3.10. The Morgan fingerprint density at radius 1 is 0.900 bits per heavy atom. The average molecular weight is 459 g/mol. The number of anilines is 1. The lowest BCUT2D eigenvalue weighted by Crippen LogP contribution is -2.13. The quantitative estimate of drug-likeness (QED) is 0.382. The molecule has 0 saturated heterocycles. The van der Waals surface area contributed by atoms with Gasteiger partial charge in [0.1, 0.15) is 5.69 Å². The van der Waals surface area contributed by atoms with Crippen LogP contribution in [-0.4, -0.2) is 13.4 Å². The maximum Gasteiger partial charge on any atom is 0.264 e. The Bertz CT molecular complexity index is 1270. The van der Waals surface area contributed by atoms with Gasteiger partial charge in [0.05, 0.1) is 9.92 Å². The molecule has 4 aromatic rings. The van der Waals surface area contributed by atoms with E-state index >= 15 is 0 Å². The second kappa shape index (κ2) is 8.52. The topological polar surface area (TPSA) is 72.2 Å². The van der Waals surface area contributed by atoms with Gasteiger partial charge in [-0.25, -0.2) is 18.1 Å². The molecule has 3 aromatic carbocycles. The van der Waals surface area contributed by atoms with Crippen LogP contribution in [-0.2, 0) is 16.4 Å². The van der Waals surface area contributed by atoms with Crippen molar-refractivity contribution >= 4 is 39.1 Å². The molecule has 5 nitrogen and oxygen atoms in total. The van der Waals surface area contributed by atoms with Crippen LogP contribution in [0.3, 0.4) is 0 Å². The molecule has 0 unspecified atom stereocenters. The number of benzene rings is 3. The number of oxazole rings is 1. The van der Waals surface area contributed by atoms with Crippen molar-refractivity contribution in [2.24, 2.45) is 0 Å². The summed E-state index contributed by atoms with van der Waals surface area (Å²) in [6, 6.07) is 22.5. The highest BCUT2D eigenvalue weighted by atomic mass is 35.5. The molecule has 0 saturated carbocycles. The molecular weight excluding hydrogens is 443 g/mol. The molecule has 0 fully saturated rings. The van der Waals surface area contributed by atoms with E-state index in [0.717, 1.165) is 5.56 Å². The summed E-state index contributed by atoms with van der Waals surface area (Å²) in [4.78, 5) is 4.63. The van der Waals surface area contributed by atoms with E-state index in [2.05, 4.69) is 9.71 Å². The number of rotatable bonds is 6. The van der Waals surface area contributed by atoms with Crippen molar-refractivity contribution in [1.29, 1.82) is 0 Å². The fourth-order valence-electron chi connectivity index (χ4n) is 2.92. The normalized spacial score (nSPS) is 11.4. The number of hydrogen-bond acceptors (Lipinski definition) is 4. The molecule has 8 heteroatoms. The lowest BCUT2D eigenvalue weighted by molar-refractivity contribution is 0.521. The van der Waals surface area contributed by atoms with E-state index in [1.54, 1.807) is 36.4 Å². The van der Waals surface area contributed by atoms with Crippen molar-refractivity contribution in [3.63, 3.8) is 0 Å². The van der Waals surface area contributed by atoms with Gasteiger partial charge in [-0.1, -0.05) is 71.7 Å². The van der Waals surface area contributed by atoms with Gasteiger partial charge in [-0.2, -0.15) is 0 Å². The Morgan fingerprint density at radius 2 is 1.57 bits per heavy atom. The summed E-state index contributed by atoms with van der Waals surface area (Å²) in [6.45, 7) is 0. The van der Waals surface area contributed by atoms with E-state index < -0.39 is 10.0 Å². The molecule has 0 amide bonds. The first-order chi connectivity index (χ1) is 14.4. The standard InChI is InChI=1S/C22H16Cl2N2O3S/c23-16-11-12-18(19(24)14-16)21-22(26-30(27,28)17-9-5-2-6-10-17)29-20(25-21)13-15-7-3-1-4-8-15/h1-12,14,26H,13H2. The molecule has 4 rings (SSSR count). The number of sulfonamides is 1. The van der Waals surface area contributed by atoms with Gasteiger partial charge in [0.2, 0.25) is 11.8 Å². The first kappa shape index (κ1) is 20.5. The Balaban J connectivity index is 1.77. The van der Waals surface area contributed by atoms with E-state index in [0.29, 0.717) is 33.6 Å². The first-order valence-corrected chi connectivity index (χ1v) is 11.2. The van der Waals surface area contributed by atoms with Crippen molar-refractivity contribution in [3.8, 4) is 11.3 Å². The van der Waals surface area contributed by atoms with E-state index in [-0.39, 0.29) is 10.8 Å². The van der Waals surface area contributed by atoms with Crippen molar-refractivity contribution in [3.05, 3.63) is 100 Å². The number of halogens is 2. The molecule has 30 heavy (non-hydrogen) atoms. The number of aromatic nitrogens is 1. The zero-order chi connectivity index (χ0) is 21.1. The van der Waals surface area contributed by atoms with Gasteiger partial charge >= 0.3 is 0 Å². The number of nitrogens with zero attached hydrogens (tertiary/aromatic N) is 1. The predicted molar refractivity (Wildman–Crippen MR) is 118 cm³/mol. The minimum Gasteiger partial charge on any atom is -0.423 e. The van der Waals surface area contributed by atoms with Gasteiger partial charge in [0.25, 0.3) is 10.0 Å². The van der Waals surface area contributed by atoms with E-state index in [9.17, 15) is 8.42 Å². The SMILES string of the molecule is O=S(=O)(Nc1oc(Cc2ccccc2)nc1-c1ccc(Cl)cc1Cl)c1ccccc1. The fourth-order valence-corrected chi connectivity index (χ4v) is 4.44. The first-order valence-electron chi connectivity index (χ1n) is 8.99. The third kappa shape index (κ3) is 4.51. The lowest BCUT2D eigenvalue weighted by atomic mass is 10.1. The molecule has 1 heterocycles. The molecule has 152 valence electrons. The third-order valence-electron chi connectivity index (χ3n) is 4.34. The van der Waals surface area contributed by atoms with Crippen molar-refractivity contribution in [2.75, 3.05) is 4.72 Å². The summed E-state index contributed by atoms with van der Waals surface area (Å²) < 4.78 is 34.0. The molecule has 0 aliphatic rings. The zero-order valence-corrected chi connectivity index (χ0v) is 17.9. The molecule has 1 N–H and O–H groups in total. The molecule has 0 aliphatic heterocycles. The van der Waals surface area contributed by atoms with Crippen LogP contribution in [0.1, 0.15) is 11.5 Å². The summed E-state index contributed by atoms with van der Waals surface area (Å²) in [6.07, 6.45) is 0.395. The van der Waals surface area contributed by atoms with Crippen LogP contribution in [0.4, 0.5) is 5.88 Å². The van der Waals surface area contributed by atoms with Gasteiger partial charge in [-0.15, -0.1) is 0 Å². The van der Waals surface area contributed by atoms with Crippen LogP contribution in [0, 0.1) is 0 Å². The van der Waals surface area contributed by atoms with Gasteiger partial charge in [0, 0.05) is 17.0 Å². The highest BCUT2D eigenvalue weighted by Crippen LogP contribution is 2.36. The molecule has 1 aromatic heterocycles. The minimum absolute atomic E-state index is 0.00555. The maximum atomic E-state index is 12.8. The Hall–Kier alpha value is -2.80. The summed E-state index contributed by atoms with van der Waals surface area (Å²) in [5.74, 6) is 0.349. The van der Waals surface area contributed by atoms with Crippen LogP contribution in [0.25, 0.3) is 11.3 Å². The fraction of sp³-hybridized carbons (Fsp3) is 0.0455. The Morgan fingerprint density at radius 3 is 2.23 bits per heavy atom. The summed E-state index contributed by atoms with van der Waals surface area (Å²) >= 11 is 12.4. The zero-order valence-electron chi connectivity index (χ0n) is 15.5. The molecule has 0 spiro atoms. The van der Waals surface area contributed by atoms with Crippen LogP contribution >= 0.6 is 23.2 Å². The Kier molecular flexibility index (Phi) is 5.81. The molecule has 0 atom stereocenters. The van der Waals surface area contributed by atoms with Crippen molar-refractivity contribution < 1.29 is 12.8 Å². The largest absolute Gasteiger partial charge is 0.423 e. The summed E-state index contributed by atoms with van der Waals surface area (Å²) in [5.41, 5.74) is 1.78. The van der Waals surface area contributed by atoms with Crippen LogP contribution in [0.5, 0.6) is 0 Å². The monoisotopic (exact) mass is 458 g/mol. The van der Waals surface area contributed by atoms with Gasteiger partial charge < -0.3 is 4.42 Å². The number of nitrogens with one attached hydrogen (secondary N) is 1. The van der Waals surface area contributed by atoms with Gasteiger partial charge in [-0.05, 0) is 35.9 Å². The summed E-state index contributed by atoms with van der Waals surface area (Å²) in [7, 11) is -3.88. The minimum atomic E-state index is -3.88. The van der Waals surface area contributed by atoms with E-state index in [1.807, 2.05) is 30.3 Å². The van der Waals surface area contributed by atoms with E-state index in [4.69, 9.17) is 27.6 Å². The van der Waals surface area contributed by atoms with Crippen LogP contribution < -0.4 is 4.72 Å². The van der Waals surface area contributed by atoms with Crippen LogP contribution in [0.15, 0.2) is 88.2 Å². The van der Waals surface area contributed by atoms with Crippen LogP contribution in [0.2, 0.25) is 10.0 Å². The second-order valence-corrected chi connectivity index (χ2v) is 9.02. The van der Waals surface area contributed by atoms with Gasteiger partial charge in [-0.3, -0.25) is 0 Å².